The first-order valence-corrected chi connectivity index (χ1v) is 5.94. The normalized spacial score (nSPS) is 10.6. The van der Waals surface area contributed by atoms with Gasteiger partial charge in [0.05, 0.1) is 6.54 Å². The Morgan fingerprint density at radius 2 is 1.94 bits per heavy atom. The highest BCUT2D eigenvalue weighted by Gasteiger charge is 1.99. The molecule has 3 heteroatoms. The second-order valence-electron chi connectivity index (χ2n) is 4.04. The molecule has 0 aliphatic rings. The van der Waals surface area contributed by atoms with Gasteiger partial charge in [-0.3, -0.25) is 4.68 Å². The van der Waals surface area contributed by atoms with Crippen LogP contribution in [-0.4, -0.2) is 9.78 Å². The minimum atomic E-state index is 0.819. The number of benzene rings is 1. The molecule has 2 rings (SSSR count). The highest BCUT2D eigenvalue weighted by molar-refractivity contribution is 7.71. The average Bonchev–Trinajstić information content (AvgIpc) is 2.63. The van der Waals surface area contributed by atoms with Gasteiger partial charge in [-0.25, -0.2) is 0 Å². The summed E-state index contributed by atoms with van der Waals surface area (Å²) >= 11 is 5.30. The number of aromatic nitrogens is 2. The summed E-state index contributed by atoms with van der Waals surface area (Å²) in [5.74, 6) is 0. The third-order valence-corrected chi connectivity index (χ3v) is 3.02. The number of aromatic amines is 1. The lowest BCUT2D eigenvalue weighted by Gasteiger charge is -2.04. The molecule has 0 radical (unpaired) electrons. The molecular weight excluding hydrogens is 216 g/mol. The van der Waals surface area contributed by atoms with E-state index >= 15 is 0 Å². The summed E-state index contributed by atoms with van der Waals surface area (Å²) in [5, 5.41) is 3.31. The molecule has 0 saturated carbocycles. The van der Waals surface area contributed by atoms with E-state index in [0.717, 1.165) is 17.6 Å². The van der Waals surface area contributed by atoms with Crippen LogP contribution < -0.4 is 0 Å². The van der Waals surface area contributed by atoms with Crippen molar-refractivity contribution in [3.8, 4) is 0 Å². The van der Waals surface area contributed by atoms with E-state index in [2.05, 4.69) is 43.2 Å². The highest BCUT2D eigenvalue weighted by Crippen LogP contribution is 2.07. The quantitative estimate of drug-likeness (QED) is 0.804. The standard InChI is InChI=1S/C13H16N2S/c1-3-12-8-13(16)15(14-12)9-11-6-4-10(2)5-7-11/h4-8,14H,3,9H2,1-2H3. The third-order valence-electron chi connectivity index (χ3n) is 2.68. The van der Waals surface area contributed by atoms with E-state index in [4.69, 9.17) is 12.2 Å². The van der Waals surface area contributed by atoms with Crippen molar-refractivity contribution < 1.29 is 0 Å². The Balaban J connectivity index is 2.23. The topological polar surface area (TPSA) is 20.7 Å². The Hall–Kier alpha value is -1.35. The molecule has 0 aliphatic carbocycles. The lowest BCUT2D eigenvalue weighted by atomic mass is 10.1. The van der Waals surface area contributed by atoms with Crippen molar-refractivity contribution >= 4 is 12.2 Å². The minimum Gasteiger partial charge on any atom is -0.301 e. The summed E-state index contributed by atoms with van der Waals surface area (Å²) in [6.07, 6.45) is 0.991. The second-order valence-corrected chi connectivity index (χ2v) is 4.46. The molecule has 0 atom stereocenters. The molecule has 84 valence electrons. The zero-order valence-electron chi connectivity index (χ0n) is 9.66. The maximum absolute atomic E-state index is 5.30. The molecule has 0 saturated heterocycles. The van der Waals surface area contributed by atoms with E-state index in [0.29, 0.717) is 0 Å². The van der Waals surface area contributed by atoms with Crippen LogP contribution in [0.25, 0.3) is 0 Å². The van der Waals surface area contributed by atoms with Gasteiger partial charge in [0, 0.05) is 5.69 Å². The molecule has 16 heavy (non-hydrogen) atoms. The first kappa shape index (κ1) is 11.1. The molecule has 1 N–H and O–H groups in total. The number of H-pyrrole nitrogens is 1. The molecule has 0 bridgehead atoms. The monoisotopic (exact) mass is 232 g/mol. The fraction of sp³-hybridized carbons (Fsp3) is 0.308. The zero-order chi connectivity index (χ0) is 11.5. The summed E-state index contributed by atoms with van der Waals surface area (Å²) in [6, 6.07) is 10.6. The van der Waals surface area contributed by atoms with E-state index in [1.54, 1.807) is 0 Å². The number of nitrogens with zero attached hydrogens (tertiary/aromatic N) is 1. The van der Waals surface area contributed by atoms with Crippen molar-refractivity contribution in [2.45, 2.75) is 26.8 Å². The molecule has 0 spiro atoms. The number of hydrogen-bond donors (Lipinski definition) is 1. The van der Waals surface area contributed by atoms with Gasteiger partial charge in [0.2, 0.25) is 0 Å². The molecule has 2 nitrogen and oxygen atoms in total. The van der Waals surface area contributed by atoms with E-state index < -0.39 is 0 Å². The van der Waals surface area contributed by atoms with Crippen LogP contribution in [0.15, 0.2) is 30.3 Å². The molecule has 1 aromatic heterocycles. The lowest BCUT2D eigenvalue weighted by molar-refractivity contribution is 0.665. The Morgan fingerprint density at radius 1 is 1.25 bits per heavy atom. The smallest absolute Gasteiger partial charge is 0.122 e. The minimum absolute atomic E-state index is 0.819. The summed E-state index contributed by atoms with van der Waals surface area (Å²) in [7, 11) is 0. The van der Waals surface area contributed by atoms with Crippen molar-refractivity contribution in [1.29, 1.82) is 0 Å². The molecule has 0 unspecified atom stereocenters. The second kappa shape index (κ2) is 4.66. The van der Waals surface area contributed by atoms with Gasteiger partial charge in [0.15, 0.2) is 0 Å². The van der Waals surface area contributed by atoms with Gasteiger partial charge in [-0.2, -0.15) is 0 Å². The third kappa shape index (κ3) is 2.42. The summed E-state index contributed by atoms with van der Waals surface area (Å²) < 4.78 is 2.89. The Morgan fingerprint density at radius 3 is 2.50 bits per heavy atom. The van der Waals surface area contributed by atoms with Crippen LogP contribution >= 0.6 is 12.2 Å². The predicted octanol–water partition coefficient (Wildman–Crippen LogP) is 3.46. The number of nitrogens with one attached hydrogen (secondary N) is 1. The van der Waals surface area contributed by atoms with E-state index in [-0.39, 0.29) is 0 Å². The summed E-state index contributed by atoms with van der Waals surface area (Å²) in [6.45, 7) is 5.04. The summed E-state index contributed by atoms with van der Waals surface area (Å²) in [4.78, 5) is 0. The van der Waals surface area contributed by atoms with Crippen molar-refractivity contribution in [3.63, 3.8) is 0 Å². The largest absolute Gasteiger partial charge is 0.301 e. The fourth-order valence-corrected chi connectivity index (χ4v) is 1.91. The maximum Gasteiger partial charge on any atom is 0.122 e. The SMILES string of the molecule is CCc1cc(=S)n(Cc2ccc(C)cc2)[nH]1. The van der Waals surface area contributed by atoms with Crippen molar-refractivity contribution in [3.05, 3.63) is 51.8 Å². The Bertz CT molecular complexity index is 520. The van der Waals surface area contributed by atoms with Gasteiger partial charge in [-0.15, -0.1) is 0 Å². The lowest BCUT2D eigenvalue weighted by Crippen LogP contribution is -2.02. The molecule has 1 aromatic carbocycles. The first-order valence-electron chi connectivity index (χ1n) is 5.53. The van der Waals surface area contributed by atoms with Crippen LogP contribution in [-0.2, 0) is 13.0 Å². The first-order chi connectivity index (χ1) is 7.69. The van der Waals surface area contributed by atoms with Gasteiger partial charge < -0.3 is 5.10 Å². The Kier molecular flexibility index (Phi) is 3.25. The number of hydrogen-bond acceptors (Lipinski definition) is 1. The molecule has 0 aliphatic heterocycles. The van der Waals surface area contributed by atoms with E-state index in [9.17, 15) is 0 Å². The Labute approximate surface area is 101 Å². The fourth-order valence-electron chi connectivity index (χ4n) is 1.66. The van der Waals surface area contributed by atoms with E-state index in [1.807, 2.05) is 10.7 Å². The molecule has 0 fully saturated rings. The average molecular weight is 232 g/mol. The van der Waals surface area contributed by atoms with Crippen molar-refractivity contribution in [2.75, 3.05) is 0 Å². The molecule has 2 aromatic rings. The van der Waals surface area contributed by atoms with Crippen molar-refractivity contribution in [2.24, 2.45) is 0 Å². The van der Waals surface area contributed by atoms with Gasteiger partial charge in [0.25, 0.3) is 0 Å². The highest BCUT2D eigenvalue weighted by atomic mass is 32.1. The van der Waals surface area contributed by atoms with Crippen LogP contribution in [0.4, 0.5) is 0 Å². The number of rotatable bonds is 3. The van der Waals surface area contributed by atoms with Gasteiger partial charge >= 0.3 is 0 Å². The predicted molar refractivity (Wildman–Crippen MR) is 69.3 cm³/mol. The number of aryl methyl sites for hydroxylation is 2. The molecular formula is C13H16N2S. The molecule has 0 amide bonds. The van der Waals surface area contributed by atoms with Crippen LogP contribution in [0.1, 0.15) is 23.7 Å². The van der Waals surface area contributed by atoms with Crippen LogP contribution in [0.3, 0.4) is 0 Å². The summed E-state index contributed by atoms with van der Waals surface area (Å²) in [5.41, 5.74) is 3.75. The van der Waals surface area contributed by atoms with Gasteiger partial charge in [-0.1, -0.05) is 49.0 Å². The van der Waals surface area contributed by atoms with Crippen LogP contribution in [0.5, 0.6) is 0 Å². The van der Waals surface area contributed by atoms with Crippen molar-refractivity contribution in [1.82, 2.24) is 9.78 Å². The van der Waals surface area contributed by atoms with Crippen LogP contribution in [0, 0.1) is 11.6 Å². The molecule has 1 heterocycles. The van der Waals surface area contributed by atoms with Gasteiger partial charge in [0.1, 0.15) is 4.64 Å². The van der Waals surface area contributed by atoms with Crippen LogP contribution in [0.2, 0.25) is 0 Å². The van der Waals surface area contributed by atoms with Gasteiger partial charge in [-0.05, 0) is 25.0 Å². The maximum atomic E-state index is 5.30. The zero-order valence-corrected chi connectivity index (χ0v) is 10.5. The van der Waals surface area contributed by atoms with E-state index in [1.165, 1.54) is 16.8 Å².